The largest absolute Gasteiger partial charge is 0.442 e. The number of hydrogen-bond donors (Lipinski definition) is 1. The number of fused-ring (bicyclic) bond motifs is 1. The number of amides is 2. The molecule has 2 amide bonds. The topological polar surface area (TPSA) is 101 Å². The van der Waals surface area contributed by atoms with Crippen LogP contribution in [0.1, 0.15) is 18.2 Å². The lowest BCUT2D eigenvalue weighted by atomic mass is 10.1. The molecule has 2 aliphatic rings. The molecule has 5 rings (SSSR count). The van der Waals surface area contributed by atoms with Gasteiger partial charge in [-0.15, -0.1) is 0 Å². The molecular formula is C24H23FN6O3. The molecule has 1 N–H and O–H groups in total. The first kappa shape index (κ1) is 21.7. The third kappa shape index (κ3) is 4.39. The van der Waals surface area contributed by atoms with Gasteiger partial charge in [-0.05, 0) is 30.3 Å². The molecule has 3 aromatic rings. The maximum atomic E-state index is 15.1. The second-order valence-corrected chi connectivity index (χ2v) is 8.26. The Bertz CT molecular complexity index is 1240. The van der Waals surface area contributed by atoms with Crippen LogP contribution in [0, 0.1) is 5.82 Å². The molecule has 1 atom stereocenters. The lowest BCUT2D eigenvalue weighted by molar-refractivity contribution is -0.119. The van der Waals surface area contributed by atoms with Crippen molar-refractivity contribution < 1.29 is 18.7 Å². The molecule has 9 nitrogen and oxygen atoms in total. The fourth-order valence-electron chi connectivity index (χ4n) is 4.18. The molecule has 0 bridgehead atoms. The van der Waals surface area contributed by atoms with Crippen LogP contribution in [0.2, 0.25) is 0 Å². The molecule has 0 aliphatic carbocycles. The lowest BCUT2D eigenvalue weighted by Gasteiger charge is -2.30. The highest BCUT2D eigenvalue weighted by molar-refractivity contribution is 5.90. The summed E-state index contributed by atoms with van der Waals surface area (Å²) in [6.45, 7) is 2.96. The second kappa shape index (κ2) is 9.05. The van der Waals surface area contributed by atoms with Crippen LogP contribution in [0.25, 0.3) is 11.4 Å². The van der Waals surface area contributed by atoms with Gasteiger partial charge in [-0.25, -0.2) is 19.2 Å². The van der Waals surface area contributed by atoms with E-state index in [1.165, 1.54) is 17.9 Å². The minimum absolute atomic E-state index is 0.202. The molecule has 1 fully saturated rings. The molecule has 2 aromatic heterocycles. The molecule has 2 aliphatic heterocycles. The van der Waals surface area contributed by atoms with Gasteiger partial charge in [0.1, 0.15) is 11.9 Å². The summed E-state index contributed by atoms with van der Waals surface area (Å²) in [6, 6.07) is 8.46. The second-order valence-electron chi connectivity index (χ2n) is 8.26. The minimum atomic E-state index is -0.559. The van der Waals surface area contributed by atoms with Crippen LogP contribution < -0.4 is 15.1 Å². The zero-order valence-corrected chi connectivity index (χ0v) is 18.6. The van der Waals surface area contributed by atoms with Crippen molar-refractivity contribution in [1.29, 1.82) is 0 Å². The zero-order valence-electron chi connectivity index (χ0n) is 18.6. The van der Waals surface area contributed by atoms with E-state index in [0.717, 1.165) is 16.8 Å². The average Bonchev–Trinajstić information content (AvgIpc) is 3.23. The summed E-state index contributed by atoms with van der Waals surface area (Å²) in [5.41, 5.74) is 3.69. The van der Waals surface area contributed by atoms with Crippen molar-refractivity contribution in [2.75, 3.05) is 29.4 Å². The minimum Gasteiger partial charge on any atom is -0.442 e. The van der Waals surface area contributed by atoms with Crippen molar-refractivity contribution in [3.8, 4) is 11.4 Å². The van der Waals surface area contributed by atoms with Crippen molar-refractivity contribution in [1.82, 2.24) is 20.3 Å². The van der Waals surface area contributed by atoms with E-state index in [4.69, 9.17) is 9.72 Å². The Balaban J connectivity index is 1.29. The average molecular weight is 462 g/mol. The molecule has 4 heterocycles. The number of anilines is 2. The van der Waals surface area contributed by atoms with Crippen LogP contribution in [0.5, 0.6) is 0 Å². The highest BCUT2D eigenvalue weighted by Gasteiger charge is 2.33. The molecule has 0 radical (unpaired) electrons. The summed E-state index contributed by atoms with van der Waals surface area (Å²) in [5, 5.41) is 2.63. The fourth-order valence-corrected chi connectivity index (χ4v) is 4.18. The third-order valence-electron chi connectivity index (χ3n) is 5.91. The molecule has 1 saturated heterocycles. The Kier molecular flexibility index (Phi) is 5.79. The highest BCUT2D eigenvalue weighted by atomic mass is 19.1. The van der Waals surface area contributed by atoms with Gasteiger partial charge in [0.2, 0.25) is 5.91 Å². The summed E-state index contributed by atoms with van der Waals surface area (Å²) in [5.74, 6) is 0.0276. The number of rotatable bonds is 5. The van der Waals surface area contributed by atoms with Gasteiger partial charge in [-0.2, -0.15) is 0 Å². The van der Waals surface area contributed by atoms with E-state index >= 15 is 4.39 Å². The predicted molar refractivity (Wildman–Crippen MR) is 123 cm³/mol. The number of pyridine rings is 1. The molecule has 0 saturated carbocycles. The van der Waals surface area contributed by atoms with E-state index in [-0.39, 0.29) is 19.0 Å². The molecule has 1 aromatic carbocycles. The number of hydrogen-bond acceptors (Lipinski definition) is 7. The van der Waals surface area contributed by atoms with E-state index < -0.39 is 18.0 Å². The quantitative estimate of drug-likeness (QED) is 0.622. The maximum Gasteiger partial charge on any atom is 0.414 e. The number of halogens is 1. The molecule has 10 heteroatoms. The molecular weight excluding hydrogens is 439 g/mol. The summed E-state index contributed by atoms with van der Waals surface area (Å²) in [6.07, 6.45) is 4.84. The normalized spacial score (nSPS) is 17.4. The number of aromatic nitrogens is 3. The highest BCUT2D eigenvalue weighted by Crippen LogP contribution is 2.31. The summed E-state index contributed by atoms with van der Waals surface area (Å²) >= 11 is 0. The predicted octanol–water partition coefficient (Wildman–Crippen LogP) is 2.70. The Labute approximate surface area is 195 Å². The van der Waals surface area contributed by atoms with Gasteiger partial charge < -0.3 is 15.0 Å². The molecule has 1 unspecified atom stereocenters. The SMILES string of the molecule is CC(=O)NCC1CN(c2ccc(N3CCc4nc(-c5ccncc5)ncc4C3)c(F)c2)C(=O)O1. The molecule has 174 valence electrons. The van der Waals surface area contributed by atoms with E-state index in [9.17, 15) is 9.59 Å². The number of nitrogens with one attached hydrogen (secondary N) is 1. The van der Waals surface area contributed by atoms with E-state index in [1.807, 2.05) is 17.0 Å². The molecule has 0 spiro atoms. The van der Waals surface area contributed by atoms with Gasteiger partial charge in [0, 0.05) is 56.2 Å². The summed E-state index contributed by atoms with van der Waals surface area (Å²) in [7, 11) is 0. The third-order valence-corrected chi connectivity index (χ3v) is 5.91. The van der Waals surface area contributed by atoms with Crippen molar-refractivity contribution in [3.05, 3.63) is 66.0 Å². The van der Waals surface area contributed by atoms with Crippen LogP contribution in [0.4, 0.5) is 20.6 Å². The van der Waals surface area contributed by atoms with Gasteiger partial charge >= 0.3 is 6.09 Å². The van der Waals surface area contributed by atoms with Crippen LogP contribution in [0.15, 0.2) is 48.9 Å². The van der Waals surface area contributed by atoms with Gasteiger partial charge in [-0.3, -0.25) is 14.7 Å². The van der Waals surface area contributed by atoms with Gasteiger partial charge in [-0.1, -0.05) is 0 Å². The van der Waals surface area contributed by atoms with Crippen molar-refractivity contribution in [2.24, 2.45) is 0 Å². The number of carbonyl (C=O) groups excluding carboxylic acids is 2. The van der Waals surface area contributed by atoms with Gasteiger partial charge in [0.15, 0.2) is 5.82 Å². The van der Waals surface area contributed by atoms with E-state index in [2.05, 4.69) is 15.3 Å². The lowest BCUT2D eigenvalue weighted by Crippen LogP contribution is -2.33. The Morgan fingerprint density at radius 2 is 2.09 bits per heavy atom. The monoisotopic (exact) mass is 462 g/mol. The van der Waals surface area contributed by atoms with Crippen molar-refractivity contribution >= 4 is 23.4 Å². The van der Waals surface area contributed by atoms with Crippen molar-refractivity contribution in [2.45, 2.75) is 26.0 Å². The summed E-state index contributed by atoms with van der Waals surface area (Å²) < 4.78 is 20.4. The zero-order chi connectivity index (χ0) is 23.7. The standard InChI is InChI=1S/C24H23FN6O3/c1-15(32)27-12-19-14-31(24(33)34-19)18-2-3-22(20(25)10-18)30-9-6-21-17(13-30)11-28-23(29-21)16-4-7-26-8-5-16/h2-5,7-8,10-11,19H,6,9,12-14H2,1H3,(H,27,32). The molecule has 34 heavy (non-hydrogen) atoms. The van der Waals surface area contributed by atoms with Gasteiger partial charge in [0.25, 0.3) is 0 Å². The van der Waals surface area contributed by atoms with Crippen molar-refractivity contribution in [3.63, 3.8) is 0 Å². The summed E-state index contributed by atoms with van der Waals surface area (Å²) in [4.78, 5) is 39.8. The van der Waals surface area contributed by atoms with Crippen LogP contribution in [0.3, 0.4) is 0 Å². The first-order valence-electron chi connectivity index (χ1n) is 11.0. The Morgan fingerprint density at radius 1 is 1.26 bits per heavy atom. The first-order chi connectivity index (χ1) is 16.5. The van der Waals surface area contributed by atoms with Crippen LogP contribution in [-0.2, 0) is 22.5 Å². The van der Waals surface area contributed by atoms with Crippen LogP contribution in [-0.4, -0.2) is 52.7 Å². The number of benzene rings is 1. The van der Waals surface area contributed by atoms with E-state index in [1.54, 1.807) is 30.7 Å². The Hall–Kier alpha value is -4.08. The van der Waals surface area contributed by atoms with E-state index in [0.29, 0.717) is 36.7 Å². The maximum absolute atomic E-state index is 15.1. The van der Waals surface area contributed by atoms with Crippen LogP contribution >= 0.6 is 0 Å². The van der Waals surface area contributed by atoms with Gasteiger partial charge in [0.05, 0.1) is 30.2 Å². The number of carbonyl (C=O) groups is 2. The number of nitrogens with zero attached hydrogens (tertiary/aromatic N) is 5. The Morgan fingerprint density at radius 3 is 2.85 bits per heavy atom. The number of ether oxygens (including phenoxy) is 1. The fraction of sp³-hybridized carbons (Fsp3) is 0.292. The first-order valence-corrected chi connectivity index (χ1v) is 11.0. The number of cyclic esters (lactones) is 1. The smallest absolute Gasteiger partial charge is 0.414 e.